The molecule has 13 rings (SSSR count). The minimum Gasteiger partial charge on any atom is -0.361 e. The van der Waals surface area contributed by atoms with Gasteiger partial charge in [-0.2, -0.15) is 0 Å². The van der Waals surface area contributed by atoms with Gasteiger partial charge < -0.3 is 24.1 Å². The number of benzene rings is 6. The van der Waals surface area contributed by atoms with Crippen molar-refractivity contribution in [2.75, 3.05) is 26.2 Å². The Morgan fingerprint density at radius 3 is 1.04 bits per heavy atom. The van der Waals surface area contributed by atoms with Crippen molar-refractivity contribution >= 4 is 47.3 Å². The highest BCUT2D eigenvalue weighted by Gasteiger charge is 2.31. The summed E-state index contributed by atoms with van der Waals surface area (Å²) in [7, 11) is 0. The molecule has 0 bridgehead atoms. The maximum absolute atomic E-state index is 13.1. The Balaban J connectivity index is 0.000000144. The summed E-state index contributed by atoms with van der Waals surface area (Å²) in [5, 5.41) is 38.9. The molecular formula is C77H89N9O13. The van der Waals surface area contributed by atoms with Crippen molar-refractivity contribution < 1.29 is 63.7 Å². The summed E-state index contributed by atoms with van der Waals surface area (Å²) in [5.74, 6) is -0.605. The molecule has 6 aliphatic rings. The van der Waals surface area contributed by atoms with Gasteiger partial charge in [-0.1, -0.05) is 117 Å². The molecule has 1 aromatic heterocycles. The first kappa shape index (κ1) is 71.9. The Labute approximate surface area is 576 Å². The van der Waals surface area contributed by atoms with E-state index in [-0.39, 0.29) is 23.7 Å². The molecule has 8 N–H and O–H groups in total. The lowest BCUT2D eigenvalue weighted by atomic mass is 9.88. The number of carbonyl (C=O) groups is 8. The molecule has 0 saturated heterocycles. The molecule has 22 nitrogen and oxygen atoms in total. The summed E-state index contributed by atoms with van der Waals surface area (Å²) >= 11 is 0. The fourth-order valence-corrected chi connectivity index (χ4v) is 14.2. The highest BCUT2D eigenvalue weighted by Crippen LogP contribution is 2.32. The molecule has 22 heteroatoms. The van der Waals surface area contributed by atoms with E-state index < -0.39 is 23.6 Å². The Morgan fingerprint density at radius 2 is 0.687 bits per heavy atom. The third-order valence-corrected chi connectivity index (χ3v) is 19.7. The summed E-state index contributed by atoms with van der Waals surface area (Å²) in [5.41, 5.74) is 20.1. The summed E-state index contributed by atoms with van der Waals surface area (Å²) in [4.78, 5) is 105. The number of hydrogen-bond donors (Lipinski definition) is 8. The van der Waals surface area contributed by atoms with E-state index in [1.807, 2.05) is 106 Å². The number of fused-ring (bicyclic) bond motifs is 4. The first-order chi connectivity index (χ1) is 48.1. The van der Waals surface area contributed by atoms with E-state index in [0.29, 0.717) is 90.4 Å². The van der Waals surface area contributed by atoms with E-state index in [2.05, 4.69) is 5.16 Å². The van der Waals surface area contributed by atoms with E-state index in [0.717, 1.165) is 146 Å². The maximum Gasteiger partial charge on any atom is 0.276 e. The number of amides is 8. The van der Waals surface area contributed by atoms with Crippen LogP contribution in [0, 0.1) is 18.8 Å². The molecule has 0 atom stereocenters. The Hall–Kier alpha value is -9.87. The van der Waals surface area contributed by atoms with Gasteiger partial charge in [0, 0.05) is 98.1 Å². The normalized spacial score (nSPS) is 16.2. The van der Waals surface area contributed by atoms with Crippen LogP contribution in [-0.2, 0) is 61.5 Å². The molecule has 99 heavy (non-hydrogen) atoms. The van der Waals surface area contributed by atoms with Gasteiger partial charge in [-0.05, 0) is 200 Å². The average Bonchev–Trinajstić information content (AvgIpc) is 1.95. The van der Waals surface area contributed by atoms with E-state index in [1.165, 1.54) is 44.9 Å². The Bertz CT molecular complexity index is 3990. The molecule has 4 aliphatic heterocycles. The Morgan fingerprint density at radius 1 is 0.364 bits per heavy atom. The molecule has 2 fully saturated rings. The van der Waals surface area contributed by atoms with Gasteiger partial charge in [0.25, 0.3) is 35.4 Å². The quantitative estimate of drug-likeness (QED) is 0.0379. The summed E-state index contributed by atoms with van der Waals surface area (Å²) in [6, 6.07) is 40.9. The number of aromatic nitrogens is 1. The summed E-state index contributed by atoms with van der Waals surface area (Å²) in [6.07, 6.45) is 19.2. The fourth-order valence-electron chi connectivity index (χ4n) is 14.2. The van der Waals surface area contributed by atoms with E-state index in [4.69, 9.17) is 25.4 Å². The molecule has 0 spiro atoms. The van der Waals surface area contributed by atoms with Crippen LogP contribution in [0.5, 0.6) is 0 Å². The molecule has 0 radical (unpaired) electrons. The van der Waals surface area contributed by atoms with Crippen LogP contribution in [0.25, 0.3) is 11.1 Å². The lowest BCUT2D eigenvalue weighted by Gasteiger charge is -2.28. The van der Waals surface area contributed by atoms with Gasteiger partial charge in [-0.15, -0.1) is 0 Å². The number of rotatable bonds is 9. The zero-order valence-corrected chi connectivity index (χ0v) is 56.1. The molecule has 5 heterocycles. The second-order valence-corrected chi connectivity index (χ2v) is 26.4. The molecule has 6 aromatic carbocycles. The van der Waals surface area contributed by atoms with Gasteiger partial charge in [0.15, 0.2) is 5.69 Å². The molecular weight excluding hydrogens is 1260 g/mol. The molecule has 7 aromatic rings. The number of carbonyl (C=O) groups excluding carboxylic acids is 8. The predicted octanol–water partition coefficient (Wildman–Crippen LogP) is 11.5. The van der Waals surface area contributed by atoms with Crippen molar-refractivity contribution in [2.45, 2.75) is 155 Å². The standard InChI is InChI=1S/C24H22N2O3.C19H26N2O3.C18H24N2O3.C16H17N3O4/c27-23(25-29)21-12-13-22-16-26(14-4-7-20(22)15-21)24(28)19-10-8-18(9-11-19)17-5-2-1-3-6-17;22-18(20-24)16-9-10-17-13-21(11-5-8-15(17)12-16)19(23)14-6-3-1-2-4-7-14;21-17(19-23)15-8-9-16-12-20(10-4-7-14(16)11-15)18(22)13-5-2-1-3-6-13;1-10-7-14(18-23-10)16(21)19-6-2-3-11-8-12(15(20)17-22)4-5-13(11)9-19/h1-3,5-6,8-13,15,29H,4,7,14,16H2,(H,25,27);9-10,12,14,24H,1-8,11,13H2,(H,20,22);8-9,11,13,23H,1-7,10,12H2,(H,19,21);4-5,7-8,22H,2-3,6,9H2,1H3,(H,17,20). The smallest absolute Gasteiger partial charge is 0.276 e. The summed E-state index contributed by atoms with van der Waals surface area (Å²) < 4.78 is 4.97. The predicted molar refractivity (Wildman–Crippen MR) is 367 cm³/mol. The highest BCUT2D eigenvalue weighted by molar-refractivity contribution is 5.97. The monoisotopic (exact) mass is 1350 g/mol. The van der Waals surface area contributed by atoms with Crippen LogP contribution in [0.1, 0.15) is 209 Å². The van der Waals surface area contributed by atoms with Crippen molar-refractivity contribution in [1.29, 1.82) is 0 Å². The summed E-state index contributed by atoms with van der Waals surface area (Å²) in [6.45, 7) is 6.82. The number of aryl methyl sites for hydroxylation is 5. The first-order valence-electron chi connectivity index (χ1n) is 34.6. The molecule has 2 aliphatic carbocycles. The molecule has 0 unspecified atom stereocenters. The highest BCUT2D eigenvalue weighted by atomic mass is 16.5. The lowest BCUT2D eigenvalue weighted by molar-refractivity contribution is -0.137. The van der Waals surface area contributed by atoms with Crippen LogP contribution < -0.4 is 21.9 Å². The van der Waals surface area contributed by atoms with Crippen molar-refractivity contribution in [1.82, 2.24) is 46.7 Å². The van der Waals surface area contributed by atoms with Crippen molar-refractivity contribution in [3.05, 3.63) is 217 Å². The number of nitrogens with zero attached hydrogens (tertiary/aromatic N) is 5. The van der Waals surface area contributed by atoms with Gasteiger partial charge in [0.1, 0.15) is 5.76 Å². The second-order valence-electron chi connectivity index (χ2n) is 26.4. The zero-order chi connectivity index (χ0) is 69.8. The molecule has 2 saturated carbocycles. The average molecular weight is 1350 g/mol. The lowest BCUT2D eigenvalue weighted by Crippen LogP contribution is -2.36. The van der Waals surface area contributed by atoms with E-state index in [1.54, 1.807) is 76.2 Å². The van der Waals surface area contributed by atoms with Gasteiger partial charge in [0.2, 0.25) is 11.8 Å². The van der Waals surface area contributed by atoms with Crippen LogP contribution >= 0.6 is 0 Å². The van der Waals surface area contributed by atoms with Crippen LogP contribution in [0.3, 0.4) is 0 Å². The topological polar surface area (TPSA) is 305 Å². The molecule has 520 valence electrons. The second kappa shape index (κ2) is 35.1. The number of hydrogen-bond acceptors (Lipinski definition) is 14. The third-order valence-electron chi connectivity index (χ3n) is 19.7. The van der Waals surface area contributed by atoms with Crippen LogP contribution in [0.2, 0.25) is 0 Å². The van der Waals surface area contributed by atoms with Crippen molar-refractivity contribution in [3.63, 3.8) is 0 Å². The maximum atomic E-state index is 13.1. The largest absolute Gasteiger partial charge is 0.361 e. The molecule has 8 amide bonds. The number of hydroxylamine groups is 4. The van der Waals surface area contributed by atoms with E-state index in [9.17, 15) is 38.4 Å². The fraction of sp³-hybridized carbons (Fsp3) is 0.390. The van der Waals surface area contributed by atoms with Crippen LogP contribution in [0.4, 0.5) is 0 Å². The first-order valence-corrected chi connectivity index (χ1v) is 34.6. The number of nitrogens with one attached hydrogen (secondary N) is 4. The van der Waals surface area contributed by atoms with Gasteiger partial charge in [-0.25, -0.2) is 21.9 Å². The zero-order valence-electron chi connectivity index (χ0n) is 56.1. The van der Waals surface area contributed by atoms with Crippen molar-refractivity contribution in [2.24, 2.45) is 11.8 Å². The van der Waals surface area contributed by atoms with Gasteiger partial charge in [0.05, 0.1) is 0 Å². The minimum absolute atomic E-state index is 0.00893. The van der Waals surface area contributed by atoms with Gasteiger partial charge >= 0.3 is 0 Å². The van der Waals surface area contributed by atoms with E-state index >= 15 is 0 Å². The van der Waals surface area contributed by atoms with Crippen LogP contribution in [0.15, 0.2) is 138 Å². The SMILES string of the molecule is Cc1cc(C(=O)N2CCCc3cc(C(=O)NO)ccc3C2)no1.O=C(NO)c1ccc2c(c1)CCCN(C(=O)C1CCCCC1)C2.O=C(NO)c1ccc2c(c1)CCCN(C(=O)C1CCCCCC1)C2.O=C(NO)c1ccc2c(c1)CCCN(C(=O)c1ccc(-c3ccccc3)cc1)C2. The third kappa shape index (κ3) is 18.9. The Kier molecular flexibility index (Phi) is 25.5. The van der Waals surface area contributed by atoms with Crippen molar-refractivity contribution in [3.8, 4) is 11.1 Å². The van der Waals surface area contributed by atoms with Crippen LogP contribution in [-0.4, -0.2) is 119 Å². The minimum atomic E-state index is -0.539. The van der Waals surface area contributed by atoms with Gasteiger partial charge in [-0.3, -0.25) is 59.2 Å².